The van der Waals surface area contributed by atoms with Crippen molar-refractivity contribution in [2.24, 2.45) is 0 Å². The van der Waals surface area contributed by atoms with E-state index in [0.29, 0.717) is 6.42 Å². The van der Waals surface area contributed by atoms with Gasteiger partial charge in [0.15, 0.2) is 11.6 Å². The second-order valence-corrected chi connectivity index (χ2v) is 4.98. The van der Waals surface area contributed by atoms with Gasteiger partial charge in [0.25, 0.3) is 0 Å². The minimum Gasteiger partial charge on any atom is -0.494 e. The summed E-state index contributed by atoms with van der Waals surface area (Å²) in [6, 6.07) is 4.66. The lowest BCUT2D eigenvalue weighted by molar-refractivity contribution is -0.120. The Balaban J connectivity index is 2.80. The van der Waals surface area contributed by atoms with E-state index in [1.54, 1.807) is 12.1 Å². The number of methoxy groups -OCH3 is 1. The first-order chi connectivity index (χ1) is 8.38. The fraction of sp³-hybridized carbons (Fsp3) is 0.462. The molecule has 0 aliphatic carbocycles. The van der Waals surface area contributed by atoms with E-state index in [0.717, 1.165) is 5.56 Å². The number of halogens is 2. The van der Waals surface area contributed by atoms with Gasteiger partial charge in [-0.2, -0.15) is 0 Å². The van der Waals surface area contributed by atoms with Gasteiger partial charge in [0.05, 0.1) is 7.11 Å². The summed E-state index contributed by atoms with van der Waals surface area (Å²) < 4.78 is 18.2. The molecule has 100 valence electrons. The predicted octanol–water partition coefficient (Wildman–Crippen LogP) is 2.51. The van der Waals surface area contributed by atoms with E-state index in [-0.39, 0.29) is 17.5 Å². The van der Waals surface area contributed by atoms with Crippen molar-refractivity contribution >= 4 is 17.5 Å². The second-order valence-electron chi connectivity index (χ2n) is 4.71. The van der Waals surface area contributed by atoms with Crippen LogP contribution in [0.2, 0.25) is 0 Å². The highest BCUT2D eigenvalue weighted by atomic mass is 35.5. The van der Waals surface area contributed by atoms with Gasteiger partial charge in [0.2, 0.25) is 5.91 Å². The first-order valence-corrected chi connectivity index (χ1v) is 6.11. The van der Waals surface area contributed by atoms with Crippen molar-refractivity contribution in [2.45, 2.75) is 25.8 Å². The summed E-state index contributed by atoms with van der Waals surface area (Å²) in [5.41, 5.74) is 0.433. The third-order valence-corrected chi connectivity index (χ3v) is 2.70. The first kappa shape index (κ1) is 14.8. The van der Waals surface area contributed by atoms with Gasteiger partial charge in [0.1, 0.15) is 5.88 Å². The lowest BCUT2D eigenvalue weighted by Gasteiger charge is -2.26. The lowest BCUT2D eigenvalue weighted by atomic mass is 9.94. The van der Waals surface area contributed by atoms with Crippen molar-refractivity contribution in [3.05, 3.63) is 29.6 Å². The van der Waals surface area contributed by atoms with E-state index >= 15 is 0 Å². The van der Waals surface area contributed by atoms with Crippen LogP contribution in [0.25, 0.3) is 0 Å². The predicted molar refractivity (Wildman–Crippen MR) is 69.6 cm³/mol. The molecule has 1 aromatic carbocycles. The number of rotatable bonds is 5. The van der Waals surface area contributed by atoms with Gasteiger partial charge in [-0.15, -0.1) is 11.6 Å². The molecule has 0 aliphatic heterocycles. The summed E-state index contributed by atoms with van der Waals surface area (Å²) in [5, 5.41) is 2.80. The van der Waals surface area contributed by atoms with Gasteiger partial charge >= 0.3 is 0 Å². The number of amides is 1. The largest absolute Gasteiger partial charge is 0.494 e. The number of alkyl halides is 1. The van der Waals surface area contributed by atoms with Crippen molar-refractivity contribution in [1.29, 1.82) is 0 Å². The van der Waals surface area contributed by atoms with Crippen molar-refractivity contribution in [2.75, 3.05) is 13.0 Å². The smallest absolute Gasteiger partial charge is 0.235 e. The fourth-order valence-electron chi connectivity index (χ4n) is 1.78. The Morgan fingerprint density at radius 3 is 2.72 bits per heavy atom. The molecular weight excluding hydrogens is 257 g/mol. The molecular formula is C13H17ClFNO2. The van der Waals surface area contributed by atoms with Crippen molar-refractivity contribution in [1.82, 2.24) is 5.32 Å². The van der Waals surface area contributed by atoms with Crippen LogP contribution in [0.1, 0.15) is 19.4 Å². The number of carbonyl (C=O) groups is 1. The van der Waals surface area contributed by atoms with Crippen LogP contribution >= 0.6 is 11.6 Å². The van der Waals surface area contributed by atoms with Crippen LogP contribution in [0.5, 0.6) is 5.75 Å². The molecule has 1 aromatic rings. The molecule has 18 heavy (non-hydrogen) atoms. The quantitative estimate of drug-likeness (QED) is 0.837. The van der Waals surface area contributed by atoms with Crippen LogP contribution in [0.4, 0.5) is 4.39 Å². The number of carbonyl (C=O) groups excluding carboxylic acids is 1. The van der Waals surface area contributed by atoms with E-state index < -0.39 is 11.4 Å². The zero-order chi connectivity index (χ0) is 13.8. The Hall–Kier alpha value is -1.29. The highest BCUT2D eigenvalue weighted by Crippen LogP contribution is 2.21. The van der Waals surface area contributed by atoms with Crippen molar-refractivity contribution in [3.63, 3.8) is 0 Å². The molecule has 0 radical (unpaired) electrons. The van der Waals surface area contributed by atoms with Gasteiger partial charge in [0, 0.05) is 5.54 Å². The highest BCUT2D eigenvalue weighted by molar-refractivity contribution is 6.27. The molecule has 0 saturated carbocycles. The second kappa shape index (κ2) is 6.05. The molecule has 0 spiro atoms. The molecule has 1 amide bonds. The molecule has 1 N–H and O–H groups in total. The van der Waals surface area contributed by atoms with Crippen LogP contribution in [0.3, 0.4) is 0 Å². The molecule has 0 aromatic heterocycles. The Bertz CT molecular complexity index is 435. The average molecular weight is 274 g/mol. The number of benzene rings is 1. The van der Waals surface area contributed by atoms with Crippen LogP contribution < -0.4 is 10.1 Å². The minimum absolute atomic E-state index is 0.0732. The molecule has 5 heteroatoms. The Kier molecular flexibility index (Phi) is 4.96. The fourth-order valence-corrected chi connectivity index (χ4v) is 1.85. The summed E-state index contributed by atoms with van der Waals surface area (Å²) in [4.78, 5) is 11.3. The third kappa shape index (κ3) is 4.18. The molecule has 0 saturated heterocycles. The van der Waals surface area contributed by atoms with E-state index in [4.69, 9.17) is 16.3 Å². The standard InChI is InChI=1S/C13H17ClFNO2/c1-13(2,16-12(17)8-14)7-9-4-5-10(15)11(6-9)18-3/h4-6H,7-8H2,1-3H3,(H,16,17). The first-order valence-electron chi connectivity index (χ1n) is 5.57. The zero-order valence-corrected chi connectivity index (χ0v) is 11.5. The molecule has 1 rings (SSSR count). The molecule has 0 aliphatic rings. The third-order valence-electron chi connectivity index (χ3n) is 2.46. The van der Waals surface area contributed by atoms with Gasteiger partial charge in [-0.25, -0.2) is 4.39 Å². The Morgan fingerprint density at radius 2 is 2.17 bits per heavy atom. The van der Waals surface area contributed by atoms with Gasteiger partial charge in [-0.05, 0) is 38.0 Å². The summed E-state index contributed by atoms with van der Waals surface area (Å²) in [6.45, 7) is 3.76. The van der Waals surface area contributed by atoms with Crippen molar-refractivity contribution in [3.8, 4) is 5.75 Å². The van der Waals surface area contributed by atoms with Crippen LogP contribution in [-0.2, 0) is 11.2 Å². The summed E-state index contributed by atoms with van der Waals surface area (Å²) in [5.74, 6) is -0.498. The topological polar surface area (TPSA) is 38.3 Å². The minimum atomic E-state index is -0.450. The Labute approximate surface area is 111 Å². The molecule has 0 atom stereocenters. The maximum absolute atomic E-state index is 13.3. The molecule has 0 unspecified atom stereocenters. The van der Waals surface area contributed by atoms with E-state index in [1.165, 1.54) is 13.2 Å². The number of nitrogens with one attached hydrogen (secondary N) is 1. The van der Waals surface area contributed by atoms with E-state index in [2.05, 4.69) is 5.32 Å². The van der Waals surface area contributed by atoms with Gasteiger partial charge in [-0.1, -0.05) is 6.07 Å². The SMILES string of the molecule is COc1cc(CC(C)(C)NC(=O)CCl)ccc1F. The monoisotopic (exact) mass is 273 g/mol. The van der Waals surface area contributed by atoms with E-state index in [9.17, 15) is 9.18 Å². The van der Waals surface area contributed by atoms with Crippen LogP contribution in [0, 0.1) is 5.82 Å². The summed E-state index contributed by atoms with van der Waals surface area (Å²) in [6.07, 6.45) is 0.562. The van der Waals surface area contributed by atoms with E-state index in [1.807, 2.05) is 13.8 Å². The maximum Gasteiger partial charge on any atom is 0.235 e. The normalized spacial score (nSPS) is 11.2. The molecule has 0 fully saturated rings. The maximum atomic E-state index is 13.3. The summed E-state index contributed by atoms with van der Waals surface area (Å²) >= 11 is 5.45. The molecule has 3 nitrogen and oxygen atoms in total. The number of ether oxygens (including phenoxy) is 1. The average Bonchev–Trinajstić information content (AvgIpc) is 2.30. The number of hydrogen-bond donors (Lipinski definition) is 1. The van der Waals surface area contributed by atoms with Gasteiger partial charge < -0.3 is 10.1 Å². The highest BCUT2D eigenvalue weighted by Gasteiger charge is 2.21. The van der Waals surface area contributed by atoms with Crippen molar-refractivity contribution < 1.29 is 13.9 Å². The molecule has 0 heterocycles. The Morgan fingerprint density at radius 1 is 1.50 bits per heavy atom. The number of hydrogen-bond acceptors (Lipinski definition) is 2. The lowest BCUT2D eigenvalue weighted by Crippen LogP contribution is -2.45. The van der Waals surface area contributed by atoms with Crippen LogP contribution in [-0.4, -0.2) is 24.4 Å². The van der Waals surface area contributed by atoms with Gasteiger partial charge in [-0.3, -0.25) is 4.79 Å². The van der Waals surface area contributed by atoms with Crippen LogP contribution in [0.15, 0.2) is 18.2 Å². The molecule has 0 bridgehead atoms. The zero-order valence-electron chi connectivity index (χ0n) is 10.7. The summed E-state index contributed by atoms with van der Waals surface area (Å²) in [7, 11) is 1.42.